The molecule has 0 atom stereocenters. The Morgan fingerprint density at radius 3 is 1.00 bits per heavy atom. The molecular formula is C41H54N2. The van der Waals surface area contributed by atoms with Crippen LogP contribution in [-0.2, 0) is 25.7 Å². The highest BCUT2D eigenvalue weighted by molar-refractivity contribution is 5.43. The normalized spacial score (nSPS) is 11.2. The van der Waals surface area contributed by atoms with E-state index in [1.807, 2.05) is 24.3 Å². The Balaban J connectivity index is 0.980. The fourth-order valence-electron chi connectivity index (χ4n) is 6.18. The van der Waals surface area contributed by atoms with Gasteiger partial charge < -0.3 is 11.5 Å². The summed E-state index contributed by atoms with van der Waals surface area (Å²) in [6, 6.07) is 30.6. The summed E-state index contributed by atoms with van der Waals surface area (Å²) in [6.45, 7) is 4.50. The van der Waals surface area contributed by atoms with Crippen LogP contribution in [0.3, 0.4) is 0 Å². The van der Waals surface area contributed by atoms with Crippen molar-refractivity contribution in [3.63, 3.8) is 0 Å². The molecule has 0 heterocycles. The minimum absolute atomic E-state index is 0.831. The maximum atomic E-state index is 5.82. The summed E-state index contributed by atoms with van der Waals surface area (Å²) in [5, 5.41) is 0. The van der Waals surface area contributed by atoms with Gasteiger partial charge >= 0.3 is 0 Å². The van der Waals surface area contributed by atoms with Crippen molar-refractivity contribution in [3.8, 4) is 0 Å². The van der Waals surface area contributed by atoms with Crippen LogP contribution in [0, 0.1) is 13.8 Å². The number of nitrogens with two attached hydrogens (primary N) is 2. The lowest BCUT2D eigenvalue weighted by Crippen LogP contribution is -1.95. The number of rotatable bonds is 18. The highest BCUT2D eigenvalue weighted by Gasteiger charge is 2.05. The number of benzene rings is 4. The first-order valence-corrected chi connectivity index (χ1v) is 16.8. The number of hydrogen-bond acceptors (Lipinski definition) is 2. The summed E-state index contributed by atoms with van der Waals surface area (Å²) in [5.41, 5.74) is 24.6. The molecule has 4 aromatic rings. The molecule has 0 aromatic heterocycles. The first kappa shape index (κ1) is 32.4. The van der Waals surface area contributed by atoms with E-state index in [4.69, 9.17) is 11.5 Å². The molecule has 0 spiro atoms. The third kappa shape index (κ3) is 11.6. The van der Waals surface area contributed by atoms with E-state index in [1.54, 1.807) is 0 Å². The first-order chi connectivity index (χ1) is 21.0. The van der Waals surface area contributed by atoms with Crippen LogP contribution < -0.4 is 11.5 Å². The van der Waals surface area contributed by atoms with Crippen LogP contribution in [0.5, 0.6) is 0 Å². The molecule has 0 aliphatic heterocycles. The molecule has 0 fully saturated rings. The third-order valence-electron chi connectivity index (χ3n) is 8.99. The molecule has 0 aliphatic carbocycles. The lowest BCUT2D eigenvalue weighted by molar-refractivity contribution is 0.545. The Morgan fingerprint density at radius 2 is 0.674 bits per heavy atom. The quantitative estimate of drug-likeness (QED) is 0.0917. The lowest BCUT2D eigenvalue weighted by Gasteiger charge is -2.10. The van der Waals surface area contributed by atoms with Gasteiger partial charge in [0, 0.05) is 11.4 Å². The monoisotopic (exact) mass is 574 g/mol. The van der Waals surface area contributed by atoms with Gasteiger partial charge in [-0.3, -0.25) is 0 Å². The molecule has 0 aliphatic rings. The molecule has 2 heteroatoms. The van der Waals surface area contributed by atoms with Gasteiger partial charge in [0.2, 0.25) is 0 Å². The topological polar surface area (TPSA) is 52.0 Å². The van der Waals surface area contributed by atoms with Gasteiger partial charge in [-0.1, -0.05) is 118 Å². The van der Waals surface area contributed by atoms with E-state index in [0.29, 0.717) is 0 Å². The molecule has 228 valence electrons. The molecule has 0 unspecified atom stereocenters. The van der Waals surface area contributed by atoms with E-state index in [9.17, 15) is 0 Å². The van der Waals surface area contributed by atoms with Crippen molar-refractivity contribution in [3.05, 3.63) is 129 Å². The molecule has 0 bridgehead atoms. The van der Waals surface area contributed by atoms with E-state index in [-0.39, 0.29) is 0 Å². The fourth-order valence-corrected chi connectivity index (χ4v) is 6.18. The lowest BCUT2D eigenvalue weighted by atomic mass is 9.96. The van der Waals surface area contributed by atoms with Crippen LogP contribution in [0.2, 0.25) is 0 Å². The standard InChI is InChI=1S/C41H54N2/c1-32-28-34(16-22-38(32)30-36-18-24-40(42)25-19-36)14-12-10-8-6-4-3-5-7-9-11-13-15-35-17-23-39(33(2)29-35)31-37-20-26-41(43)27-21-37/h16-29H,3-15,30-31,42-43H2,1-2H3. The molecular weight excluding hydrogens is 520 g/mol. The molecule has 4 aromatic carbocycles. The largest absolute Gasteiger partial charge is 0.399 e. The second-order valence-corrected chi connectivity index (χ2v) is 12.7. The van der Waals surface area contributed by atoms with Gasteiger partial charge in [0.25, 0.3) is 0 Å². The van der Waals surface area contributed by atoms with Crippen LogP contribution in [-0.4, -0.2) is 0 Å². The Morgan fingerprint density at radius 1 is 0.372 bits per heavy atom. The maximum Gasteiger partial charge on any atom is 0.0314 e. The van der Waals surface area contributed by atoms with Crippen molar-refractivity contribution in [2.75, 3.05) is 11.5 Å². The van der Waals surface area contributed by atoms with Gasteiger partial charge in [-0.25, -0.2) is 0 Å². The Labute approximate surface area is 261 Å². The predicted molar refractivity (Wildman–Crippen MR) is 188 cm³/mol. The zero-order valence-corrected chi connectivity index (χ0v) is 26.8. The Kier molecular flexibility index (Phi) is 13.2. The molecule has 0 radical (unpaired) electrons. The zero-order valence-electron chi connectivity index (χ0n) is 26.8. The number of hydrogen-bond donors (Lipinski definition) is 2. The molecule has 43 heavy (non-hydrogen) atoms. The van der Waals surface area contributed by atoms with Crippen LogP contribution in [0.25, 0.3) is 0 Å². The van der Waals surface area contributed by atoms with Crippen molar-refractivity contribution < 1.29 is 0 Å². The van der Waals surface area contributed by atoms with Gasteiger partial charge in [-0.15, -0.1) is 0 Å². The van der Waals surface area contributed by atoms with Crippen LogP contribution in [0.15, 0.2) is 84.9 Å². The summed E-state index contributed by atoms with van der Waals surface area (Å²) in [5.74, 6) is 0. The van der Waals surface area contributed by atoms with E-state index < -0.39 is 0 Å². The zero-order chi connectivity index (χ0) is 30.3. The van der Waals surface area contributed by atoms with Gasteiger partial charge in [0.1, 0.15) is 0 Å². The highest BCUT2D eigenvalue weighted by atomic mass is 14.5. The Bertz CT molecular complexity index is 1260. The number of unbranched alkanes of at least 4 members (excludes halogenated alkanes) is 10. The van der Waals surface area contributed by atoms with Crippen molar-refractivity contribution >= 4 is 11.4 Å². The number of nitrogen functional groups attached to an aromatic ring is 2. The van der Waals surface area contributed by atoms with E-state index >= 15 is 0 Å². The van der Waals surface area contributed by atoms with Crippen molar-refractivity contribution in [2.24, 2.45) is 0 Å². The summed E-state index contributed by atoms with van der Waals surface area (Å²) < 4.78 is 0. The molecule has 4 N–H and O–H groups in total. The number of aryl methyl sites for hydroxylation is 4. The first-order valence-electron chi connectivity index (χ1n) is 16.8. The average Bonchev–Trinajstić information content (AvgIpc) is 3.00. The summed E-state index contributed by atoms with van der Waals surface area (Å²) in [4.78, 5) is 0. The summed E-state index contributed by atoms with van der Waals surface area (Å²) in [7, 11) is 0. The van der Waals surface area contributed by atoms with Crippen LogP contribution in [0.1, 0.15) is 115 Å². The fraction of sp³-hybridized carbons (Fsp3) is 0.415. The van der Waals surface area contributed by atoms with Gasteiger partial charge in [-0.2, -0.15) is 0 Å². The van der Waals surface area contributed by atoms with Gasteiger partial charge in [0.15, 0.2) is 0 Å². The number of anilines is 2. The van der Waals surface area contributed by atoms with Crippen LogP contribution in [0.4, 0.5) is 11.4 Å². The minimum Gasteiger partial charge on any atom is -0.399 e. The Hall–Kier alpha value is -3.52. The van der Waals surface area contributed by atoms with Crippen molar-refractivity contribution in [2.45, 2.75) is 110 Å². The second kappa shape index (κ2) is 17.6. The molecule has 0 saturated heterocycles. The van der Waals surface area contributed by atoms with Crippen molar-refractivity contribution in [1.82, 2.24) is 0 Å². The SMILES string of the molecule is Cc1cc(CCCCCCCCCCCCCc2ccc(Cc3ccc(N)cc3)c(C)c2)ccc1Cc1ccc(N)cc1. The molecule has 0 amide bonds. The van der Waals surface area contributed by atoms with Gasteiger partial charge in [-0.05, 0) is 121 Å². The third-order valence-corrected chi connectivity index (χ3v) is 8.99. The smallest absolute Gasteiger partial charge is 0.0314 e. The van der Waals surface area contributed by atoms with E-state index in [1.165, 1.54) is 128 Å². The average molecular weight is 575 g/mol. The molecule has 0 saturated carbocycles. The minimum atomic E-state index is 0.831. The van der Waals surface area contributed by atoms with Gasteiger partial charge in [0.05, 0.1) is 0 Å². The summed E-state index contributed by atoms with van der Waals surface area (Å²) >= 11 is 0. The summed E-state index contributed by atoms with van der Waals surface area (Å²) in [6.07, 6.45) is 19.5. The maximum absolute atomic E-state index is 5.82. The molecule has 4 rings (SSSR count). The highest BCUT2D eigenvalue weighted by Crippen LogP contribution is 2.21. The van der Waals surface area contributed by atoms with E-state index in [0.717, 1.165) is 24.2 Å². The van der Waals surface area contributed by atoms with E-state index in [2.05, 4.69) is 74.5 Å². The molecule has 2 nitrogen and oxygen atoms in total. The van der Waals surface area contributed by atoms with Crippen LogP contribution >= 0.6 is 0 Å². The predicted octanol–water partition coefficient (Wildman–Crippen LogP) is 10.7. The van der Waals surface area contributed by atoms with Crippen molar-refractivity contribution in [1.29, 1.82) is 0 Å². The second-order valence-electron chi connectivity index (χ2n) is 12.7.